The molecule has 2 rings (SSSR count). The van der Waals surface area contributed by atoms with E-state index in [1.165, 1.54) is 6.33 Å². The second kappa shape index (κ2) is 5.22. The number of aromatic amines is 1. The largest absolute Gasteiger partial charge is 0.380 e. The van der Waals surface area contributed by atoms with E-state index in [1.807, 2.05) is 12.1 Å². The van der Waals surface area contributed by atoms with E-state index in [4.69, 9.17) is 4.74 Å². The lowest BCUT2D eigenvalue weighted by atomic mass is 10.1. The molecule has 17 heavy (non-hydrogen) atoms. The number of nitrogens with zero attached hydrogens (tertiary/aromatic N) is 2. The number of nitrogens with one attached hydrogen (secondary N) is 2. The second-order valence-electron chi connectivity index (χ2n) is 3.42. The minimum absolute atomic E-state index is 0.236. The lowest BCUT2D eigenvalue weighted by molar-refractivity contribution is 0.102. The SMILES string of the molecule is COCc1cccc(C(=O)Nc2ncn[nH]2)c1. The number of ether oxygens (including phenoxy) is 1. The van der Waals surface area contributed by atoms with Crippen molar-refractivity contribution in [3.8, 4) is 0 Å². The molecule has 1 amide bonds. The number of carbonyl (C=O) groups is 1. The maximum atomic E-state index is 11.8. The summed E-state index contributed by atoms with van der Waals surface area (Å²) >= 11 is 0. The number of hydrogen-bond donors (Lipinski definition) is 2. The van der Waals surface area contributed by atoms with Gasteiger partial charge in [-0.1, -0.05) is 12.1 Å². The van der Waals surface area contributed by atoms with E-state index in [9.17, 15) is 4.79 Å². The molecule has 0 atom stereocenters. The molecule has 1 aromatic heterocycles. The highest BCUT2D eigenvalue weighted by atomic mass is 16.5. The maximum absolute atomic E-state index is 11.8. The fourth-order valence-corrected chi connectivity index (χ4v) is 1.41. The van der Waals surface area contributed by atoms with E-state index < -0.39 is 0 Å². The van der Waals surface area contributed by atoms with E-state index in [0.717, 1.165) is 5.56 Å². The second-order valence-corrected chi connectivity index (χ2v) is 3.42. The summed E-state index contributed by atoms with van der Waals surface area (Å²) in [5, 5.41) is 8.80. The molecule has 0 unspecified atom stereocenters. The van der Waals surface area contributed by atoms with Crippen LogP contribution in [0, 0.1) is 0 Å². The third kappa shape index (κ3) is 2.88. The smallest absolute Gasteiger partial charge is 0.258 e. The van der Waals surface area contributed by atoms with Crippen molar-refractivity contribution in [3.05, 3.63) is 41.7 Å². The Morgan fingerprint density at radius 3 is 3.12 bits per heavy atom. The topological polar surface area (TPSA) is 79.9 Å². The number of rotatable bonds is 4. The molecular weight excluding hydrogens is 220 g/mol. The Morgan fingerprint density at radius 1 is 1.53 bits per heavy atom. The van der Waals surface area contributed by atoms with Gasteiger partial charge in [0.2, 0.25) is 5.95 Å². The number of amides is 1. The zero-order chi connectivity index (χ0) is 12.1. The Bertz CT molecular complexity index is 496. The first-order valence-electron chi connectivity index (χ1n) is 5.04. The number of hydrogen-bond acceptors (Lipinski definition) is 4. The Hall–Kier alpha value is -2.21. The Morgan fingerprint density at radius 2 is 2.41 bits per heavy atom. The van der Waals surface area contributed by atoms with Crippen molar-refractivity contribution in [1.29, 1.82) is 0 Å². The van der Waals surface area contributed by atoms with E-state index in [-0.39, 0.29) is 5.91 Å². The van der Waals surface area contributed by atoms with Gasteiger partial charge in [0.1, 0.15) is 6.33 Å². The quantitative estimate of drug-likeness (QED) is 0.830. The summed E-state index contributed by atoms with van der Waals surface area (Å²) in [6.45, 7) is 0.476. The molecule has 6 heteroatoms. The minimum Gasteiger partial charge on any atom is -0.380 e. The summed E-state index contributed by atoms with van der Waals surface area (Å²) in [6.07, 6.45) is 1.33. The molecule has 1 aromatic carbocycles. The van der Waals surface area contributed by atoms with Gasteiger partial charge in [-0.05, 0) is 17.7 Å². The van der Waals surface area contributed by atoms with Gasteiger partial charge in [-0.15, -0.1) is 0 Å². The number of aromatic nitrogens is 3. The molecule has 0 bridgehead atoms. The summed E-state index contributed by atoms with van der Waals surface area (Å²) in [4.78, 5) is 15.6. The van der Waals surface area contributed by atoms with Gasteiger partial charge in [0, 0.05) is 12.7 Å². The van der Waals surface area contributed by atoms with E-state index in [1.54, 1.807) is 19.2 Å². The number of carbonyl (C=O) groups excluding carboxylic acids is 1. The number of H-pyrrole nitrogens is 1. The maximum Gasteiger partial charge on any atom is 0.258 e. The zero-order valence-electron chi connectivity index (χ0n) is 9.30. The molecule has 0 saturated heterocycles. The predicted molar refractivity (Wildman–Crippen MR) is 61.5 cm³/mol. The first-order chi connectivity index (χ1) is 8.29. The molecule has 0 aliphatic rings. The predicted octanol–water partition coefficient (Wildman–Crippen LogP) is 1.20. The molecule has 0 fully saturated rings. The molecule has 2 aromatic rings. The number of benzene rings is 1. The highest BCUT2D eigenvalue weighted by Crippen LogP contribution is 2.08. The lowest BCUT2D eigenvalue weighted by Gasteiger charge is -2.04. The van der Waals surface area contributed by atoms with Crippen LogP contribution in [-0.4, -0.2) is 28.2 Å². The summed E-state index contributed by atoms with van der Waals surface area (Å²) in [7, 11) is 1.61. The molecule has 0 saturated carbocycles. The lowest BCUT2D eigenvalue weighted by Crippen LogP contribution is -2.13. The average molecular weight is 232 g/mol. The highest BCUT2D eigenvalue weighted by Gasteiger charge is 2.07. The number of methoxy groups -OCH3 is 1. The van der Waals surface area contributed by atoms with E-state index in [2.05, 4.69) is 20.5 Å². The molecule has 6 nitrogen and oxygen atoms in total. The molecule has 2 N–H and O–H groups in total. The summed E-state index contributed by atoms with van der Waals surface area (Å²) < 4.78 is 5.01. The monoisotopic (exact) mass is 232 g/mol. The van der Waals surface area contributed by atoms with Crippen LogP contribution in [-0.2, 0) is 11.3 Å². The first kappa shape index (κ1) is 11.3. The molecule has 1 heterocycles. The van der Waals surface area contributed by atoms with Gasteiger partial charge in [-0.25, -0.2) is 5.10 Å². The molecule has 88 valence electrons. The van der Waals surface area contributed by atoms with Crippen molar-refractivity contribution in [2.75, 3.05) is 12.4 Å². The molecule has 0 spiro atoms. The van der Waals surface area contributed by atoms with Gasteiger partial charge in [0.15, 0.2) is 0 Å². The summed E-state index contributed by atoms with van der Waals surface area (Å²) in [5.41, 5.74) is 1.49. The average Bonchev–Trinajstić information content (AvgIpc) is 2.83. The van der Waals surface area contributed by atoms with Crippen molar-refractivity contribution in [1.82, 2.24) is 15.2 Å². The van der Waals surface area contributed by atoms with Gasteiger partial charge in [-0.3, -0.25) is 10.1 Å². The Balaban J connectivity index is 2.11. The van der Waals surface area contributed by atoms with Crippen LogP contribution >= 0.6 is 0 Å². The highest BCUT2D eigenvalue weighted by molar-refractivity contribution is 6.03. The van der Waals surface area contributed by atoms with Crippen LogP contribution in [0.4, 0.5) is 5.95 Å². The molecule has 0 aliphatic carbocycles. The third-order valence-corrected chi connectivity index (χ3v) is 2.15. The standard InChI is InChI=1S/C11H12N4O2/c1-17-6-8-3-2-4-9(5-8)10(16)14-11-12-7-13-15-11/h2-5,7H,6H2,1H3,(H2,12,13,14,15,16). The van der Waals surface area contributed by atoms with Crippen molar-refractivity contribution in [2.24, 2.45) is 0 Å². The van der Waals surface area contributed by atoms with Crippen LogP contribution in [0.1, 0.15) is 15.9 Å². The van der Waals surface area contributed by atoms with Crippen molar-refractivity contribution >= 4 is 11.9 Å². The minimum atomic E-state index is -0.236. The van der Waals surface area contributed by atoms with Crippen LogP contribution in [0.2, 0.25) is 0 Å². The van der Waals surface area contributed by atoms with E-state index in [0.29, 0.717) is 18.1 Å². The van der Waals surface area contributed by atoms with Gasteiger partial charge in [-0.2, -0.15) is 10.1 Å². The van der Waals surface area contributed by atoms with Gasteiger partial charge in [0.25, 0.3) is 5.91 Å². The van der Waals surface area contributed by atoms with Gasteiger partial charge in [0.05, 0.1) is 6.61 Å². The Labute approximate surface area is 98.0 Å². The summed E-state index contributed by atoms with van der Waals surface area (Å²) in [6, 6.07) is 7.21. The van der Waals surface area contributed by atoms with Crippen molar-refractivity contribution < 1.29 is 9.53 Å². The molecule has 0 aliphatic heterocycles. The van der Waals surface area contributed by atoms with E-state index >= 15 is 0 Å². The van der Waals surface area contributed by atoms with Crippen LogP contribution < -0.4 is 5.32 Å². The van der Waals surface area contributed by atoms with Gasteiger partial charge >= 0.3 is 0 Å². The Kier molecular flexibility index (Phi) is 3.46. The van der Waals surface area contributed by atoms with Crippen LogP contribution in [0.5, 0.6) is 0 Å². The molecule has 0 radical (unpaired) electrons. The fourth-order valence-electron chi connectivity index (χ4n) is 1.41. The van der Waals surface area contributed by atoms with Crippen LogP contribution in [0.15, 0.2) is 30.6 Å². The van der Waals surface area contributed by atoms with Crippen LogP contribution in [0.25, 0.3) is 0 Å². The molecular formula is C11H12N4O2. The third-order valence-electron chi connectivity index (χ3n) is 2.15. The number of anilines is 1. The summed E-state index contributed by atoms with van der Waals surface area (Å²) in [5.74, 6) is 0.0897. The van der Waals surface area contributed by atoms with Crippen molar-refractivity contribution in [3.63, 3.8) is 0 Å². The first-order valence-corrected chi connectivity index (χ1v) is 5.04. The van der Waals surface area contributed by atoms with Crippen LogP contribution in [0.3, 0.4) is 0 Å². The fraction of sp³-hybridized carbons (Fsp3) is 0.182. The zero-order valence-corrected chi connectivity index (χ0v) is 9.30. The van der Waals surface area contributed by atoms with Crippen molar-refractivity contribution in [2.45, 2.75) is 6.61 Å². The normalized spacial score (nSPS) is 10.2. The van der Waals surface area contributed by atoms with Gasteiger partial charge < -0.3 is 4.74 Å².